The summed E-state index contributed by atoms with van der Waals surface area (Å²) in [6, 6.07) is 0. The topological polar surface area (TPSA) is 26.0 Å². The highest BCUT2D eigenvalue weighted by Gasteiger charge is 1.90. The van der Waals surface area contributed by atoms with Gasteiger partial charge in [0.05, 0.1) is 0 Å². The van der Waals surface area contributed by atoms with Crippen LogP contribution in [0.4, 0.5) is 4.70 Å². The van der Waals surface area contributed by atoms with Gasteiger partial charge in [0.25, 0.3) is 0 Å². The summed E-state index contributed by atoms with van der Waals surface area (Å²) in [5.74, 6) is 0. The Morgan fingerprint density at radius 3 is 1.45 bits per heavy atom. The van der Waals surface area contributed by atoms with Gasteiger partial charge in [0.1, 0.15) is 0 Å². The van der Waals surface area contributed by atoms with E-state index in [0.717, 1.165) is 6.54 Å². The largest absolute Gasteiger partial charge is 0.330 e. The van der Waals surface area contributed by atoms with Crippen LogP contribution >= 0.6 is 0 Å². The molecule has 0 atom stereocenters. The third-order valence-electron chi connectivity index (χ3n) is 3.72. The van der Waals surface area contributed by atoms with Crippen molar-refractivity contribution in [2.75, 3.05) is 6.54 Å². The zero-order chi connectivity index (χ0) is 14.0. The smallest absolute Gasteiger partial charge is 0.00773 e. The van der Waals surface area contributed by atoms with Crippen molar-refractivity contribution in [3.8, 4) is 0 Å². The Morgan fingerprint density at radius 2 is 1.00 bits per heavy atom. The van der Waals surface area contributed by atoms with Crippen molar-refractivity contribution < 1.29 is 4.70 Å². The second kappa shape index (κ2) is 20.9. The number of hydrogen-bond donors (Lipinski definition) is 1. The lowest BCUT2D eigenvalue weighted by molar-refractivity contribution is 0.599. The van der Waals surface area contributed by atoms with Crippen LogP contribution in [-0.2, 0) is 0 Å². The molecule has 122 valence electrons. The monoisotopic (exact) mass is 287 g/mol. The third kappa shape index (κ3) is 20.0. The molecule has 0 unspecified atom stereocenters. The number of unbranched alkanes of at least 4 members (excludes halogenated alkanes) is 12. The molecule has 0 amide bonds. The van der Waals surface area contributed by atoms with Crippen LogP contribution in [0.15, 0.2) is 12.2 Å². The van der Waals surface area contributed by atoms with Crippen molar-refractivity contribution in [3.05, 3.63) is 12.2 Å². The summed E-state index contributed by atoms with van der Waals surface area (Å²) in [4.78, 5) is 0. The molecule has 0 aromatic carbocycles. The Bertz CT molecular complexity index is 180. The summed E-state index contributed by atoms with van der Waals surface area (Å²) in [7, 11) is 0. The molecule has 1 nitrogen and oxygen atoms in total. The number of rotatable bonds is 15. The maximum Gasteiger partial charge on any atom is -0.00773 e. The van der Waals surface area contributed by atoms with E-state index in [9.17, 15) is 0 Å². The van der Waals surface area contributed by atoms with Crippen LogP contribution in [0.25, 0.3) is 0 Å². The minimum Gasteiger partial charge on any atom is -0.330 e. The van der Waals surface area contributed by atoms with Gasteiger partial charge in [-0.2, -0.15) is 0 Å². The first-order valence-electron chi connectivity index (χ1n) is 8.77. The second-order valence-corrected chi connectivity index (χ2v) is 5.73. The summed E-state index contributed by atoms with van der Waals surface area (Å²) in [6.45, 7) is 3.14. The maximum absolute atomic E-state index is 5.47. The third-order valence-corrected chi connectivity index (χ3v) is 3.72. The number of halogens is 1. The molecule has 0 bridgehead atoms. The molecule has 0 heterocycles. The van der Waals surface area contributed by atoms with E-state index in [1.165, 1.54) is 89.9 Å². The Balaban J connectivity index is 0. The van der Waals surface area contributed by atoms with E-state index in [1.54, 1.807) is 0 Å². The zero-order valence-corrected chi connectivity index (χ0v) is 13.7. The molecule has 0 aromatic heterocycles. The van der Waals surface area contributed by atoms with Crippen molar-refractivity contribution in [1.29, 1.82) is 0 Å². The van der Waals surface area contributed by atoms with Gasteiger partial charge in [0, 0.05) is 0 Å². The van der Waals surface area contributed by atoms with Gasteiger partial charge in [0.2, 0.25) is 0 Å². The number of allylic oxidation sites excluding steroid dienone is 2. The van der Waals surface area contributed by atoms with E-state index in [-0.39, 0.29) is 4.70 Å². The summed E-state index contributed by atoms with van der Waals surface area (Å²) in [6.07, 6.45) is 23.9. The first-order valence-corrected chi connectivity index (χ1v) is 8.77. The molecule has 0 aromatic rings. The average Bonchev–Trinajstić information content (AvgIpc) is 2.43. The van der Waals surface area contributed by atoms with Gasteiger partial charge >= 0.3 is 0 Å². The van der Waals surface area contributed by atoms with E-state index < -0.39 is 0 Å². The van der Waals surface area contributed by atoms with Crippen LogP contribution < -0.4 is 5.73 Å². The first kappa shape index (κ1) is 21.9. The Morgan fingerprint density at radius 1 is 0.600 bits per heavy atom. The zero-order valence-electron chi connectivity index (χ0n) is 13.7. The van der Waals surface area contributed by atoms with Gasteiger partial charge < -0.3 is 5.73 Å². The fourth-order valence-corrected chi connectivity index (χ4v) is 2.39. The van der Waals surface area contributed by atoms with Gasteiger partial charge in [-0.1, -0.05) is 76.9 Å². The van der Waals surface area contributed by atoms with Crippen molar-refractivity contribution in [3.63, 3.8) is 0 Å². The van der Waals surface area contributed by atoms with Gasteiger partial charge in [-0.05, 0) is 38.6 Å². The standard InChI is InChI=1S/C18H37N.FH/c1-2-3-4-5-6-7-8-9-10-11-12-13-14-15-16-17-18-19;/h9-10H,2-8,11-19H2,1H3;1H. The molecule has 0 saturated heterocycles. The van der Waals surface area contributed by atoms with Gasteiger partial charge in [0.15, 0.2) is 0 Å². The van der Waals surface area contributed by atoms with Gasteiger partial charge in [-0.15, -0.1) is 0 Å². The van der Waals surface area contributed by atoms with E-state index in [2.05, 4.69) is 19.1 Å². The molecule has 0 aliphatic heterocycles. The normalized spacial score (nSPS) is 10.9. The van der Waals surface area contributed by atoms with Crippen LogP contribution in [-0.4, -0.2) is 6.54 Å². The highest BCUT2D eigenvalue weighted by Crippen LogP contribution is 2.09. The quantitative estimate of drug-likeness (QED) is 0.284. The summed E-state index contributed by atoms with van der Waals surface area (Å²) in [5.41, 5.74) is 5.47. The van der Waals surface area contributed by atoms with Crippen molar-refractivity contribution in [1.82, 2.24) is 0 Å². The molecule has 2 heteroatoms. The highest BCUT2D eigenvalue weighted by molar-refractivity contribution is 4.81. The predicted molar refractivity (Wildman–Crippen MR) is 91.0 cm³/mol. The van der Waals surface area contributed by atoms with Crippen LogP contribution in [0, 0.1) is 0 Å². The molecule has 0 radical (unpaired) electrons. The number of hydrogen-bond acceptors (Lipinski definition) is 1. The lowest BCUT2D eigenvalue weighted by Crippen LogP contribution is -1.97. The minimum absolute atomic E-state index is 0. The summed E-state index contributed by atoms with van der Waals surface area (Å²) in [5, 5.41) is 0. The van der Waals surface area contributed by atoms with Crippen molar-refractivity contribution >= 4 is 0 Å². The first-order chi connectivity index (χ1) is 9.41. The van der Waals surface area contributed by atoms with E-state index in [4.69, 9.17) is 5.73 Å². The fraction of sp³-hybridized carbons (Fsp3) is 0.889. The van der Waals surface area contributed by atoms with Gasteiger partial charge in [-0.25, -0.2) is 0 Å². The average molecular weight is 288 g/mol. The fourth-order valence-electron chi connectivity index (χ4n) is 2.39. The predicted octanol–water partition coefficient (Wildman–Crippen LogP) is 6.14. The van der Waals surface area contributed by atoms with Crippen LogP contribution in [0.5, 0.6) is 0 Å². The van der Waals surface area contributed by atoms with Crippen LogP contribution in [0.2, 0.25) is 0 Å². The molecule has 0 rings (SSSR count). The summed E-state index contributed by atoms with van der Waals surface area (Å²) < 4.78 is 0. The van der Waals surface area contributed by atoms with Crippen molar-refractivity contribution in [2.45, 2.75) is 96.8 Å². The highest BCUT2D eigenvalue weighted by atomic mass is 19.0. The summed E-state index contributed by atoms with van der Waals surface area (Å²) >= 11 is 0. The van der Waals surface area contributed by atoms with E-state index >= 15 is 0 Å². The van der Waals surface area contributed by atoms with E-state index in [0.29, 0.717) is 0 Å². The van der Waals surface area contributed by atoms with Crippen LogP contribution in [0.3, 0.4) is 0 Å². The van der Waals surface area contributed by atoms with Crippen molar-refractivity contribution in [2.24, 2.45) is 5.73 Å². The molecule has 0 aliphatic rings. The maximum atomic E-state index is 5.47. The van der Waals surface area contributed by atoms with E-state index in [1.807, 2.05) is 0 Å². The Hall–Kier alpha value is -0.370. The molecule has 0 saturated carbocycles. The molecule has 0 fully saturated rings. The molecule has 20 heavy (non-hydrogen) atoms. The molecule has 0 aliphatic carbocycles. The molecular formula is C18H38FN. The number of nitrogens with two attached hydrogens (primary N) is 1. The van der Waals surface area contributed by atoms with Crippen LogP contribution in [0.1, 0.15) is 96.8 Å². The second-order valence-electron chi connectivity index (χ2n) is 5.73. The molecule has 0 spiro atoms. The minimum atomic E-state index is 0. The Labute approximate surface area is 126 Å². The Kier molecular flexibility index (Phi) is 22.9. The molecule has 2 N–H and O–H groups in total. The lowest BCUT2D eigenvalue weighted by Gasteiger charge is -1.99. The SMILES string of the molecule is CCCCCCCCC=CCCCCCCCCN.F. The molecular weight excluding hydrogens is 249 g/mol. The van der Waals surface area contributed by atoms with Gasteiger partial charge in [-0.3, -0.25) is 4.70 Å². The lowest BCUT2D eigenvalue weighted by atomic mass is 10.1.